The number of nitrogens with zero attached hydrogens (tertiary/aromatic N) is 4. The van der Waals surface area contributed by atoms with Crippen LogP contribution in [0.25, 0.3) is 28.3 Å². The summed E-state index contributed by atoms with van der Waals surface area (Å²) in [4.78, 5) is 14.6. The van der Waals surface area contributed by atoms with E-state index in [4.69, 9.17) is 14.7 Å². The Morgan fingerprint density at radius 1 is 1.03 bits per heavy atom. The number of benzene rings is 1. The molecule has 3 heterocycles. The van der Waals surface area contributed by atoms with Crippen LogP contribution in [0.5, 0.6) is 5.75 Å². The fraction of sp³-hybridized carbons (Fsp3) is 0.300. The molecule has 0 amide bonds. The number of aromatic nitrogens is 4. The average molecular weight is 493 g/mol. The van der Waals surface area contributed by atoms with Crippen LogP contribution in [-0.2, 0) is 0 Å². The number of anilines is 2. The van der Waals surface area contributed by atoms with Crippen LogP contribution in [0.3, 0.4) is 0 Å². The SMILES string of the molecule is C=CCOc1ccc(-c2nc3c(NC4CCCC4)cccn3c2-c2ccnc(NC3C=CCC3)n2)cc1. The number of ether oxygens (including phenoxy) is 1. The molecule has 1 fully saturated rings. The Morgan fingerprint density at radius 3 is 2.68 bits per heavy atom. The monoisotopic (exact) mass is 492 g/mol. The van der Waals surface area contributed by atoms with E-state index in [0.717, 1.165) is 52.6 Å². The molecule has 2 N–H and O–H groups in total. The predicted octanol–water partition coefficient (Wildman–Crippen LogP) is 6.51. The number of fused-ring (bicyclic) bond motifs is 1. The van der Waals surface area contributed by atoms with Gasteiger partial charge in [0.1, 0.15) is 12.4 Å². The Hall–Kier alpha value is -4.13. The van der Waals surface area contributed by atoms with Crippen molar-refractivity contribution in [2.24, 2.45) is 0 Å². The minimum absolute atomic E-state index is 0.266. The second kappa shape index (κ2) is 10.5. The van der Waals surface area contributed by atoms with Crippen LogP contribution >= 0.6 is 0 Å². The van der Waals surface area contributed by atoms with Gasteiger partial charge in [-0.05, 0) is 68.1 Å². The molecule has 0 bridgehead atoms. The highest BCUT2D eigenvalue weighted by Gasteiger charge is 2.22. The molecule has 1 saturated carbocycles. The maximum Gasteiger partial charge on any atom is 0.223 e. The molecule has 4 aromatic rings. The molecule has 37 heavy (non-hydrogen) atoms. The molecule has 188 valence electrons. The zero-order chi connectivity index (χ0) is 25.0. The molecule has 1 unspecified atom stereocenters. The summed E-state index contributed by atoms with van der Waals surface area (Å²) in [6, 6.07) is 15.0. The lowest BCUT2D eigenvalue weighted by molar-refractivity contribution is 0.363. The number of hydrogen-bond acceptors (Lipinski definition) is 6. The number of imidazole rings is 1. The molecule has 6 rings (SSSR count). The molecule has 0 radical (unpaired) electrons. The van der Waals surface area contributed by atoms with Crippen molar-refractivity contribution in [1.82, 2.24) is 19.4 Å². The first-order valence-corrected chi connectivity index (χ1v) is 13.2. The zero-order valence-corrected chi connectivity index (χ0v) is 20.9. The van der Waals surface area contributed by atoms with Crippen LogP contribution in [0.4, 0.5) is 11.6 Å². The topological polar surface area (TPSA) is 76.4 Å². The van der Waals surface area contributed by atoms with Crippen LogP contribution in [-0.4, -0.2) is 38.0 Å². The molecule has 0 aliphatic heterocycles. The third-order valence-electron chi connectivity index (χ3n) is 7.09. The molecule has 1 aromatic carbocycles. The molecule has 0 spiro atoms. The first-order valence-electron chi connectivity index (χ1n) is 13.2. The minimum atomic E-state index is 0.266. The standard InChI is InChI=1S/C30H32N6O/c1-2-20-37-24-15-13-21(14-16-24)27-28(25-17-18-31-30(34-25)33-23-10-5-6-11-23)36-19-7-12-26(29(36)35-27)32-22-8-3-4-9-22/h2,5,7,10,12-19,22-23,32H,1,3-4,6,8-9,11,20H2,(H,31,33,34). The van der Waals surface area contributed by atoms with Gasteiger partial charge in [-0.15, -0.1) is 0 Å². The third-order valence-corrected chi connectivity index (χ3v) is 7.09. The second-order valence-electron chi connectivity index (χ2n) is 9.70. The number of allylic oxidation sites excluding steroid dienone is 1. The first-order chi connectivity index (χ1) is 18.3. The summed E-state index contributed by atoms with van der Waals surface area (Å²) in [6.07, 6.45) is 17.1. The molecular weight excluding hydrogens is 460 g/mol. The maximum absolute atomic E-state index is 5.70. The predicted molar refractivity (Wildman–Crippen MR) is 149 cm³/mol. The molecule has 7 heteroatoms. The first kappa shape index (κ1) is 23.3. The summed E-state index contributed by atoms with van der Waals surface area (Å²) in [5.74, 6) is 1.43. The molecule has 3 aromatic heterocycles. The van der Waals surface area contributed by atoms with Crippen LogP contribution in [0.1, 0.15) is 38.5 Å². The van der Waals surface area contributed by atoms with Gasteiger partial charge in [0.05, 0.1) is 22.8 Å². The molecule has 7 nitrogen and oxygen atoms in total. The Kier molecular flexibility index (Phi) is 6.58. The number of pyridine rings is 1. The fourth-order valence-corrected chi connectivity index (χ4v) is 5.26. The van der Waals surface area contributed by atoms with Crippen molar-refractivity contribution in [3.63, 3.8) is 0 Å². The number of rotatable bonds is 9. The lowest BCUT2D eigenvalue weighted by Crippen LogP contribution is -2.16. The summed E-state index contributed by atoms with van der Waals surface area (Å²) in [5, 5.41) is 7.22. The van der Waals surface area contributed by atoms with E-state index < -0.39 is 0 Å². The Morgan fingerprint density at radius 2 is 1.89 bits per heavy atom. The van der Waals surface area contributed by atoms with Crippen molar-refractivity contribution in [1.29, 1.82) is 0 Å². The Bertz CT molecular complexity index is 1420. The van der Waals surface area contributed by atoms with Gasteiger partial charge >= 0.3 is 0 Å². The maximum atomic E-state index is 5.70. The summed E-state index contributed by atoms with van der Waals surface area (Å²) >= 11 is 0. The largest absolute Gasteiger partial charge is 0.490 e. The van der Waals surface area contributed by atoms with Crippen molar-refractivity contribution in [3.8, 4) is 28.4 Å². The van der Waals surface area contributed by atoms with E-state index in [-0.39, 0.29) is 6.04 Å². The molecule has 1 atom stereocenters. The van der Waals surface area contributed by atoms with Gasteiger partial charge in [-0.2, -0.15) is 0 Å². The smallest absolute Gasteiger partial charge is 0.223 e. The zero-order valence-electron chi connectivity index (χ0n) is 20.9. The highest BCUT2D eigenvalue weighted by Crippen LogP contribution is 2.36. The normalized spacial score (nSPS) is 17.4. The van der Waals surface area contributed by atoms with Gasteiger partial charge < -0.3 is 15.4 Å². The fourth-order valence-electron chi connectivity index (χ4n) is 5.26. The van der Waals surface area contributed by atoms with Gasteiger partial charge in [-0.1, -0.05) is 37.6 Å². The highest BCUT2D eigenvalue weighted by atomic mass is 16.5. The summed E-state index contributed by atoms with van der Waals surface area (Å²) in [6.45, 7) is 4.20. The number of nitrogens with one attached hydrogen (secondary N) is 2. The lowest BCUT2D eigenvalue weighted by atomic mass is 10.1. The van der Waals surface area contributed by atoms with Crippen molar-refractivity contribution in [3.05, 3.63) is 79.7 Å². The summed E-state index contributed by atoms with van der Waals surface area (Å²) in [7, 11) is 0. The summed E-state index contributed by atoms with van der Waals surface area (Å²) in [5.41, 5.74) is 5.60. The van der Waals surface area contributed by atoms with E-state index in [1.807, 2.05) is 24.4 Å². The van der Waals surface area contributed by atoms with Gasteiger partial charge in [0, 0.05) is 30.0 Å². The average Bonchev–Trinajstić information content (AvgIpc) is 3.70. The highest BCUT2D eigenvalue weighted by molar-refractivity contribution is 5.84. The van der Waals surface area contributed by atoms with Crippen LogP contribution in [0.2, 0.25) is 0 Å². The summed E-state index contributed by atoms with van der Waals surface area (Å²) < 4.78 is 7.85. The van der Waals surface area contributed by atoms with Crippen molar-refractivity contribution in [2.45, 2.75) is 50.6 Å². The Labute approximate surface area is 217 Å². The van der Waals surface area contributed by atoms with Gasteiger partial charge in [0.25, 0.3) is 0 Å². The Balaban J connectivity index is 1.44. The van der Waals surface area contributed by atoms with Crippen LogP contribution in [0, 0.1) is 0 Å². The van der Waals surface area contributed by atoms with Crippen molar-refractivity contribution >= 4 is 17.3 Å². The van der Waals surface area contributed by atoms with Gasteiger partial charge in [-0.3, -0.25) is 4.40 Å². The van der Waals surface area contributed by atoms with Gasteiger partial charge in [-0.25, -0.2) is 15.0 Å². The minimum Gasteiger partial charge on any atom is -0.490 e. The number of hydrogen-bond donors (Lipinski definition) is 2. The van der Waals surface area contributed by atoms with E-state index in [9.17, 15) is 0 Å². The molecular formula is C30H32N6O. The van der Waals surface area contributed by atoms with E-state index in [1.54, 1.807) is 6.08 Å². The molecule has 2 aliphatic rings. The molecule has 0 saturated heterocycles. The van der Waals surface area contributed by atoms with E-state index >= 15 is 0 Å². The van der Waals surface area contributed by atoms with Crippen LogP contribution < -0.4 is 15.4 Å². The van der Waals surface area contributed by atoms with E-state index in [1.165, 1.54) is 25.7 Å². The van der Waals surface area contributed by atoms with E-state index in [0.29, 0.717) is 18.6 Å². The van der Waals surface area contributed by atoms with Crippen molar-refractivity contribution < 1.29 is 4.74 Å². The van der Waals surface area contributed by atoms with Crippen LogP contribution in [0.15, 0.2) is 79.7 Å². The second-order valence-corrected chi connectivity index (χ2v) is 9.70. The quantitative estimate of drug-likeness (QED) is 0.260. The van der Waals surface area contributed by atoms with Crippen molar-refractivity contribution in [2.75, 3.05) is 17.2 Å². The third kappa shape index (κ3) is 4.94. The van der Waals surface area contributed by atoms with E-state index in [2.05, 4.69) is 69.2 Å². The van der Waals surface area contributed by atoms with Gasteiger partial charge in [0.15, 0.2) is 5.65 Å². The lowest BCUT2D eigenvalue weighted by Gasteiger charge is -2.14. The molecule has 2 aliphatic carbocycles. The van der Waals surface area contributed by atoms with Gasteiger partial charge in [0.2, 0.25) is 5.95 Å².